The summed E-state index contributed by atoms with van der Waals surface area (Å²) in [5.41, 5.74) is 8.57. The molecule has 1 atom stereocenters. The lowest BCUT2D eigenvalue weighted by molar-refractivity contribution is -0.117. The van der Waals surface area contributed by atoms with Gasteiger partial charge >= 0.3 is 0 Å². The Hall–Kier alpha value is -0.900. The first-order valence-electron chi connectivity index (χ1n) is 6.17. The predicted octanol–water partition coefficient (Wildman–Crippen LogP) is 2.57. The topological polar surface area (TPSA) is 44.5 Å². The second-order valence-corrected chi connectivity index (χ2v) is 4.66. The summed E-state index contributed by atoms with van der Waals surface area (Å²) in [5.74, 6) is 0.765. The molecular formula is C14H21NO2. The fraction of sp³-hybridized carbons (Fsp3) is 0.571. The molecule has 94 valence electrons. The van der Waals surface area contributed by atoms with Crippen LogP contribution in [0.2, 0.25) is 0 Å². The van der Waals surface area contributed by atoms with Crippen molar-refractivity contribution < 1.29 is 9.47 Å². The van der Waals surface area contributed by atoms with Gasteiger partial charge in [0.2, 0.25) is 0 Å². The zero-order valence-corrected chi connectivity index (χ0v) is 10.6. The smallest absolute Gasteiger partial charge is 0.175 e. The summed E-state index contributed by atoms with van der Waals surface area (Å²) in [6.45, 7) is 0. The third-order valence-corrected chi connectivity index (χ3v) is 3.66. The van der Waals surface area contributed by atoms with Crippen LogP contribution in [-0.2, 0) is 9.47 Å². The summed E-state index contributed by atoms with van der Waals surface area (Å²) in [6, 6.07) is 8.30. The minimum absolute atomic E-state index is 0.236. The number of ether oxygens (including phenoxy) is 2. The molecule has 17 heavy (non-hydrogen) atoms. The summed E-state index contributed by atoms with van der Waals surface area (Å²) >= 11 is 0. The molecule has 0 amide bonds. The van der Waals surface area contributed by atoms with Crippen molar-refractivity contribution in [2.45, 2.75) is 37.5 Å². The molecule has 1 aliphatic carbocycles. The van der Waals surface area contributed by atoms with Crippen LogP contribution in [0.15, 0.2) is 24.3 Å². The van der Waals surface area contributed by atoms with E-state index in [0.717, 1.165) is 11.5 Å². The van der Waals surface area contributed by atoms with E-state index in [2.05, 4.69) is 24.3 Å². The van der Waals surface area contributed by atoms with Crippen molar-refractivity contribution in [3.63, 3.8) is 0 Å². The van der Waals surface area contributed by atoms with E-state index in [-0.39, 0.29) is 12.3 Å². The molecular weight excluding hydrogens is 214 g/mol. The van der Waals surface area contributed by atoms with Crippen LogP contribution >= 0.6 is 0 Å². The molecule has 3 nitrogen and oxygen atoms in total. The first-order valence-corrected chi connectivity index (χ1v) is 6.17. The fourth-order valence-corrected chi connectivity index (χ4v) is 2.28. The van der Waals surface area contributed by atoms with Crippen molar-refractivity contribution >= 4 is 0 Å². The Balaban J connectivity index is 2.05. The third kappa shape index (κ3) is 2.68. The van der Waals surface area contributed by atoms with Crippen molar-refractivity contribution in [3.05, 3.63) is 35.4 Å². The summed E-state index contributed by atoms with van der Waals surface area (Å²) in [4.78, 5) is 0. The third-order valence-electron chi connectivity index (χ3n) is 3.66. The van der Waals surface area contributed by atoms with Crippen molar-refractivity contribution in [2.75, 3.05) is 14.2 Å². The predicted molar refractivity (Wildman–Crippen MR) is 67.8 cm³/mol. The van der Waals surface area contributed by atoms with E-state index in [9.17, 15) is 0 Å². The molecule has 0 aromatic heterocycles. The second-order valence-electron chi connectivity index (χ2n) is 4.66. The lowest BCUT2D eigenvalue weighted by atomic mass is 9.80. The van der Waals surface area contributed by atoms with Crippen molar-refractivity contribution in [3.8, 4) is 0 Å². The van der Waals surface area contributed by atoms with Gasteiger partial charge in [-0.2, -0.15) is 0 Å². The normalized spacial score (nSPS) is 18.1. The van der Waals surface area contributed by atoms with Gasteiger partial charge in [-0.1, -0.05) is 30.7 Å². The van der Waals surface area contributed by atoms with Crippen molar-refractivity contribution in [1.82, 2.24) is 0 Å². The molecule has 1 aromatic carbocycles. The fourth-order valence-electron chi connectivity index (χ4n) is 2.28. The molecule has 0 aliphatic heterocycles. The maximum Gasteiger partial charge on any atom is 0.175 e. The molecule has 0 saturated heterocycles. The molecule has 2 N–H and O–H groups in total. The molecule has 1 saturated carbocycles. The van der Waals surface area contributed by atoms with Gasteiger partial charge < -0.3 is 15.2 Å². The zero-order chi connectivity index (χ0) is 12.3. The van der Waals surface area contributed by atoms with Gasteiger partial charge in [0.1, 0.15) is 0 Å². The Labute approximate surface area is 103 Å². The zero-order valence-electron chi connectivity index (χ0n) is 10.6. The SMILES string of the molecule is COC(OC)C(N)c1ccc(C2CCC2)cc1. The Bertz CT molecular complexity index is 342. The molecule has 0 bridgehead atoms. The highest BCUT2D eigenvalue weighted by atomic mass is 16.7. The van der Waals surface area contributed by atoms with Gasteiger partial charge in [0, 0.05) is 14.2 Å². The van der Waals surface area contributed by atoms with Crippen LogP contribution in [0.25, 0.3) is 0 Å². The molecule has 0 radical (unpaired) electrons. The minimum atomic E-state index is -0.385. The van der Waals surface area contributed by atoms with Crippen LogP contribution in [-0.4, -0.2) is 20.5 Å². The van der Waals surface area contributed by atoms with Crippen LogP contribution in [0, 0.1) is 0 Å². The average molecular weight is 235 g/mol. The maximum atomic E-state index is 6.08. The van der Waals surface area contributed by atoms with Gasteiger partial charge in [0.25, 0.3) is 0 Å². The average Bonchev–Trinajstić information content (AvgIpc) is 2.29. The molecule has 1 aliphatic rings. The molecule has 2 rings (SSSR count). The van der Waals surface area contributed by atoms with Gasteiger partial charge in [0.05, 0.1) is 6.04 Å². The van der Waals surface area contributed by atoms with Crippen LogP contribution in [0.3, 0.4) is 0 Å². The van der Waals surface area contributed by atoms with E-state index >= 15 is 0 Å². The summed E-state index contributed by atoms with van der Waals surface area (Å²) < 4.78 is 10.4. The summed E-state index contributed by atoms with van der Waals surface area (Å²) in [6.07, 6.45) is 3.62. The minimum Gasteiger partial charge on any atom is -0.354 e. The first-order chi connectivity index (χ1) is 8.26. The Kier molecular flexibility index (Phi) is 4.15. The lowest BCUT2D eigenvalue weighted by Crippen LogP contribution is -2.29. The quantitative estimate of drug-likeness (QED) is 0.798. The van der Waals surface area contributed by atoms with Gasteiger partial charge in [0.15, 0.2) is 6.29 Å². The van der Waals surface area contributed by atoms with Crippen LogP contribution in [0.1, 0.15) is 42.3 Å². The van der Waals surface area contributed by atoms with E-state index in [4.69, 9.17) is 15.2 Å². The highest BCUT2D eigenvalue weighted by Gasteiger charge is 2.21. The van der Waals surface area contributed by atoms with Gasteiger partial charge in [-0.25, -0.2) is 0 Å². The van der Waals surface area contributed by atoms with E-state index < -0.39 is 0 Å². The monoisotopic (exact) mass is 235 g/mol. The lowest BCUT2D eigenvalue weighted by Gasteiger charge is -2.26. The second kappa shape index (κ2) is 5.63. The highest BCUT2D eigenvalue weighted by Crippen LogP contribution is 2.36. The van der Waals surface area contributed by atoms with Crippen LogP contribution < -0.4 is 5.73 Å². The molecule has 1 fully saturated rings. The van der Waals surface area contributed by atoms with Gasteiger partial charge in [-0.3, -0.25) is 0 Å². The number of nitrogens with two attached hydrogens (primary N) is 1. The van der Waals surface area contributed by atoms with Crippen molar-refractivity contribution in [1.29, 1.82) is 0 Å². The van der Waals surface area contributed by atoms with E-state index in [1.54, 1.807) is 14.2 Å². The number of rotatable bonds is 5. The van der Waals surface area contributed by atoms with Crippen LogP contribution in [0.5, 0.6) is 0 Å². The Morgan fingerprint density at radius 1 is 1.12 bits per heavy atom. The maximum absolute atomic E-state index is 6.08. The number of methoxy groups -OCH3 is 2. The van der Waals surface area contributed by atoms with Crippen LogP contribution in [0.4, 0.5) is 0 Å². The van der Waals surface area contributed by atoms with E-state index in [1.165, 1.54) is 24.8 Å². The number of benzene rings is 1. The summed E-state index contributed by atoms with van der Waals surface area (Å²) in [5, 5.41) is 0. The first kappa shape index (κ1) is 12.6. The van der Waals surface area contributed by atoms with E-state index in [1.807, 2.05) is 0 Å². The number of hydrogen-bond acceptors (Lipinski definition) is 3. The highest BCUT2D eigenvalue weighted by molar-refractivity contribution is 5.28. The van der Waals surface area contributed by atoms with Gasteiger partial charge in [-0.05, 0) is 29.9 Å². The van der Waals surface area contributed by atoms with Crippen molar-refractivity contribution in [2.24, 2.45) is 5.73 Å². The molecule has 0 heterocycles. The summed E-state index contributed by atoms with van der Waals surface area (Å²) in [7, 11) is 3.22. The largest absolute Gasteiger partial charge is 0.354 e. The van der Waals surface area contributed by atoms with Gasteiger partial charge in [-0.15, -0.1) is 0 Å². The molecule has 1 unspecified atom stereocenters. The molecule has 0 spiro atoms. The Morgan fingerprint density at radius 3 is 2.12 bits per heavy atom. The Morgan fingerprint density at radius 2 is 1.71 bits per heavy atom. The number of hydrogen-bond donors (Lipinski definition) is 1. The molecule has 1 aromatic rings. The van der Waals surface area contributed by atoms with E-state index in [0.29, 0.717) is 0 Å². The molecule has 3 heteroatoms. The standard InChI is InChI=1S/C14H21NO2/c1-16-14(17-2)13(15)12-8-6-11(7-9-12)10-4-3-5-10/h6-10,13-14H,3-5,15H2,1-2H3.